The molecule has 0 bridgehead atoms. The number of likely N-dealkylation sites (tertiary alicyclic amines) is 1. The van der Waals surface area contributed by atoms with Crippen molar-refractivity contribution in [3.63, 3.8) is 0 Å². The minimum Gasteiger partial charge on any atom is -0.381 e. The highest BCUT2D eigenvalue weighted by Gasteiger charge is 2.39. The molecule has 0 amide bonds. The number of aryl methyl sites for hydroxylation is 1. The van der Waals surface area contributed by atoms with Crippen LogP contribution in [0, 0.1) is 6.92 Å². The molecule has 0 spiro atoms. The fourth-order valence-corrected chi connectivity index (χ4v) is 5.05. The first-order valence-corrected chi connectivity index (χ1v) is 11.6. The van der Waals surface area contributed by atoms with Gasteiger partial charge in [0.15, 0.2) is 5.96 Å². The van der Waals surface area contributed by atoms with Crippen molar-refractivity contribution >= 4 is 16.9 Å². The van der Waals surface area contributed by atoms with Gasteiger partial charge in [0, 0.05) is 48.4 Å². The smallest absolute Gasteiger partial charge is 0.191 e. The Morgan fingerprint density at radius 2 is 1.93 bits per heavy atom. The van der Waals surface area contributed by atoms with Crippen LogP contribution in [0.25, 0.3) is 10.9 Å². The van der Waals surface area contributed by atoms with Crippen molar-refractivity contribution in [3.05, 3.63) is 35.5 Å². The van der Waals surface area contributed by atoms with E-state index in [9.17, 15) is 0 Å². The summed E-state index contributed by atoms with van der Waals surface area (Å²) < 4.78 is 5.68. The van der Waals surface area contributed by atoms with Crippen LogP contribution in [0.3, 0.4) is 0 Å². The van der Waals surface area contributed by atoms with Gasteiger partial charge in [0.25, 0.3) is 0 Å². The summed E-state index contributed by atoms with van der Waals surface area (Å²) in [5, 5.41) is 8.34. The van der Waals surface area contributed by atoms with Crippen LogP contribution in [0.4, 0.5) is 0 Å². The molecule has 1 aromatic carbocycles. The molecule has 0 atom stereocenters. The maximum atomic E-state index is 5.68. The molecule has 6 nitrogen and oxygen atoms in total. The van der Waals surface area contributed by atoms with Crippen molar-refractivity contribution < 1.29 is 4.74 Å². The third-order valence-corrected chi connectivity index (χ3v) is 6.77. The zero-order valence-corrected chi connectivity index (χ0v) is 18.6. The van der Waals surface area contributed by atoms with Crippen LogP contribution in [0.2, 0.25) is 0 Å². The molecule has 0 aliphatic carbocycles. The summed E-state index contributed by atoms with van der Waals surface area (Å²) >= 11 is 0. The van der Waals surface area contributed by atoms with Gasteiger partial charge >= 0.3 is 0 Å². The number of aromatic amines is 1. The molecule has 4 rings (SSSR count). The number of aliphatic imine (C=N–C) groups is 1. The molecule has 30 heavy (non-hydrogen) atoms. The lowest BCUT2D eigenvalue weighted by Gasteiger charge is -2.43. The molecule has 6 heteroatoms. The summed E-state index contributed by atoms with van der Waals surface area (Å²) in [6.07, 6.45) is 5.78. The van der Waals surface area contributed by atoms with E-state index in [0.29, 0.717) is 0 Å². The number of ether oxygens (including phenoxy) is 1. The van der Waals surface area contributed by atoms with Gasteiger partial charge in [-0.2, -0.15) is 0 Å². The van der Waals surface area contributed by atoms with Gasteiger partial charge < -0.3 is 20.4 Å². The van der Waals surface area contributed by atoms with Gasteiger partial charge in [-0.1, -0.05) is 18.2 Å². The number of para-hydroxylation sites is 1. The molecule has 2 aliphatic rings. The van der Waals surface area contributed by atoms with Gasteiger partial charge in [0.05, 0.1) is 6.54 Å². The van der Waals surface area contributed by atoms with Crippen molar-refractivity contribution in [3.8, 4) is 0 Å². The fraction of sp³-hybridized carbons (Fsp3) is 0.625. The molecule has 0 unspecified atom stereocenters. The van der Waals surface area contributed by atoms with Crippen molar-refractivity contribution in [1.82, 2.24) is 20.5 Å². The number of nitrogens with one attached hydrogen (secondary N) is 3. The number of benzene rings is 1. The van der Waals surface area contributed by atoms with Gasteiger partial charge in [-0.25, -0.2) is 0 Å². The summed E-state index contributed by atoms with van der Waals surface area (Å²) in [4.78, 5) is 11.2. The second-order valence-electron chi connectivity index (χ2n) is 8.68. The summed E-state index contributed by atoms with van der Waals surface area (Å²) in [7, 11) is 0. The molecule has 0 saturated carbocycles. The average molecular weight is 412 g/mol. The Morgan fingerprint density at radius 3 is 2.70 bits per heavy atom. The highest BCUT2D eigenvalue weighted by atomic mass is 16.5. The largest absolute Gasteiger partial charge is 0.381 e. The molecular formula is C24H37N5O. The zero-order chi connectivity index (χ0) is 20.8. The number of hydrogen-bond acceptors (Lipinski definition) is 3. The number of aromatic nitrogens is 1. The van der Waals surface area contributed by atoms with Crippen molar-refractivity contribution in [2.75, 3.05) is 45.9 Å². The Morgan fingerprint density at radius 1 is 1.17 bits per heavy atom. The number of guanidine groups is 1. The minimum absolute atomic E-state index is 0.171. The van der Waals surface area contributed by atoms with Crippen molar-refractivity contribution in [2.24, 2.45) is 4.99 Å². The second kappa shape index (κ2) is 9.84. The van der Waals surface area contributed by atoms with Gasteiger partial charge in [-0.3, -0.25) is 9.89 Å². The first-order chi connectivity index (χ1) is 14.7. The number of nitrogens with zero attached hydrogens (tertiary/aromatic N) is 2. The summed E-state index contributed by atoms with van der Waals surface area (Å²) in [5.41, 5.74) is 4.05. The SMILES string of the molecule is CCNC(=NCC1(N2CCCC2)CCOCC1)NCCc1c(C)[nH]c2ccccc12. The summed E-state index contributed by atoms with van der Waals surface area (Å²) in [6.45, 7) is 11.0. The zero-order valence-electron chi connectivity index (χ0n) is 18.6. The monoisotopic (exact) mass is 411 g/mol. The Kier molecular flexibility index (Phi) is 6.95. The fourth-order valence-electron chi connectivity index (χ4n) is 5.05. The maximum Gasteiger partial charge on any atom is 0.191 e. The molecule has 164 valence electrons. The van der Waals surface area contributed by atoms with E-state index in [-0.39, 0.29) is 5.54 Å². The van der Waals surface area contributed by atoms with E-state index in [1.165, 1.54) is 48.1 Å². The molecular weight excluding hydrogens is 374 g/mol. The topological polar surface area (TPSA) is 64.7 Å². The lowest BCUT2D eigenvalue weighted by Crippen LogP contribution is -2.54. The van der Waals surface area contributed by atoms with E-state index in [4.69, 9.17) is 9.73 Å². The van der Waals surface area contributed by atoms with Crippen LogP contribution >= 0.6 is 0 Å². The lowest BCUT2D eigenvalue weighted by molar-refractivity contribution is -0.0139. The van der Waals surface area contributed by atoms with Crippen molar-refractivity contribution in [2.45, 2.75) is 51.5 Å². The summed E-state index contributed by atoms with van der Waals surface area (Å²) in [6, 6.07) is 8.56. The average Bonchev–Trinajstić information content (AvgIpc) is 3.41. The van der Waals surface area contributed by atoms with Gasteiger partial charge in [0.2, 0.25) is 0 Å². The number of rotatable bonds is 7. The maximum absolute atomic E-state index is 5.68. The first-order valence-electron chi connectivity index (χ1n) is 11.6. The third-order valence-electron chi connectivity index (χ3n) is 6.77. The van der Waals surface area contributed by atoms with Gasteiger partial charge in [-0.15, -0.1) is 0 Å². The molecule has 2 aromatic rings. The highest BCUT2D eigenvalue weighted by Crippen LogP contribution is 2.31. The second-order valence-corrected chi connectivity index (χ2v) is 8.68. The molecule has 0 radical (unpaired) electrons. The Labute approximate surface area is 180 Å². The van der Waals surface area contributed by atoms with Crippen LogP contribution < -0.4 is 10.6 Å². The predicted octanol–water partition coefficient (Wildman–Crippen LogP) is 3.22. The molecule has 1 aromatic heterocycles. The van der Waals surface area contributed by atoms with Crippen LogP contribution in [0.15, 0.2) is 29.3 Å². The molecule has 2 saturated heterocycles. The first kappa shape index (κ1) is 21.2. The molecule has 2 aliphatic heterocycles. The van der Waals surface area contributed by atoms with Crippen LogP contribution in [0.5, 0.6) is 0 Å². The van der Waals surface area contributed by atoms with E-state index < -0.39 is 0 Å². The molecule has 2 fully saturated rings. The van der Waals surface area contributed by atoms with Crippen LogP contribution in [0.1, 0.15) is 43.9 Å². The van der Waals surface area contributed by atoms with Crippen LogP contribution in [-0.2, 0) is 11.2 Å². The minimum atomic E-state index is 0.171. The Bertz CT molecular complexity index is 846. The van der Waals surface area contributed by atoms with Crippen molar-refractivity contribution in [1.29, 1.82) is 0 Å². The van der Waals surface area contributed by atoms with Gasteiger partial charge in [-0.05, 0) is 70.7 Å². The number of hydrogen-bond donors (Lipinski definition) is 3. The lowest BCUT2D eigenvalue weighted by atomic mass is 9.88. The van der Waals surface area contributed by atoms with Gasteiger partial charge in [0.1, 0.15) is 0 Å². The van der Waals surface area contributed by atoms with Crippen LogP contribution in [-0.4, -0.2) is 67.3 Å². The quantitative estimate of drug-likeness (QED) is 0.484. The molecule has 3 N–H and O–H groups in total. The van der Waals surface area contributed by atoms with E-state index in [1.54, 1.807) is 0 Å². The predicted molar refractivity (Wildman–Crippen MR) is 124 cm³/mol. The number of H-pyrrole nitrogens is 1. The van der Waals surface area contributed by atoms with E-state index >= 15 is 0 Å². The standard InChI is InChI=1S/C24H37N5O/c1-3-25-23(26-13-10-20-19(2)28-22-9-5-4-8-21(20)22)27-18-24(11-16-30-17-12-24)29-14-6-7-15-29/h4-5,8-9,28H,3,6-7,10-18H2,1-2H3,(H2,25,26,27). The van der Waals surface area contributed by atoms with E-state index in [1.807, 2.05) is 0 Å². The summed E-state index contributed by atoms with van der Waals surface area (Å²) in [5.74, 6) is 0.931. The molecule has 3 heterocycles. The Hall–Kier alpha value is -2.05. The van der Waals surface area contributed by atoms with E-state index in [2.05, 4.69) is 58.6 Å². The third kappa shape index (κ3) is 4.65. The number of fused-ring (bicyclic) bond motifs is 1. The Balaban J connectivity index is 1.41. The van der Waals surface area contributed by atoms with E-state index in [0.717, 1.165) is 58.1 Å². The highest BCUT2D eigenvalue weighted by molar-refractivity contribution is 5.84. The normalized spacial score (nSPS) is 20.0.